The molecule has 1 N–H and O–H groups in total. The lowest BCUT2D eigenvalue weighted by atomic mass is 10.1. The highest BCUT2D eigenvalue weighted by Gasteiger charge is 2.19. The van der Waals surface area contributed by atoms with Crippen LogP contribution in [-0.4, -0.2) is 54.7 Å². The minimum atomic E-state index is -0.345. The van der Waals surface area contributed by atoms with E-state index in [-0.39, 0.29) is 17.8 Å². The first-order chi connectivity index (χ1) is 11.7. The van der Waals surface area contributed by atoms with Crippen molar-refractivity contribution in [3.63, 3.8) is 0 Å². The number of nitrogens with zero attached hydrogens (tertiary/aromatic N) is 2. The smallest absolute Gasteiger partial charge is 0.252 e. The third-order valence-electron chi connectivity index (χ3n) is 4.40. The summed E-state index contributed by atoms with van der Waals surface area (Å²) in [5.74, 6) is -0.545. The van der Waals surface area contributed by atoms with Crippen LogP contribution in [0.4, 0.5) is 4.39 Å². The SMILES string of the molecule is CCC1CN(CCNC(=O)c2ccc(F)c3ccncc23)CCO1. The van der Waals surface area contributed by atoms with Crippen molar-refractivity contribution >= 4 is 16.7 Å². The molecule has 3 rings (SSSR count). The van der Waals surface area contributed by atoms with Crippen LogP contribution in [0.5, 0.6) is 0 Å². The van der Waals surface area contributed by atoms with Gasteiger partial charge in [0.05, 0.1) is 12.7 Å². The largest absolute Gasteiger partial charge is 0.376 e. The number of carbonyl (C=O) groups is 1. The van der Waals surface area contributed by atoms with E-state index in [1.807, 2.05) is 0 Å². The van der Waals surface area contributed by atoms with Crippen molar-refractivity contribution in [2.45, 2.75) is 19.4 Å². The van der Waals surface area contributed by atoms with Crippen molar-refractivity contribution in [2.75, 3.05) is 32.8 Å². The molecule has 1 aliphatic rings. The van der Waals surface area contributed by atoms with Crippen molar-refractivity contribution in [1.29, 1.82) is 0 Å². The van der Waals surface area contributed by atoms with Gasteiger partial charge in [-0.15, -0.1) is 0 Å². The van der Waals surface area contributed by atoms with E-state index in [0.717, 1.165) is 32.7 Å². The van der Waals surface area contributed by atoms with Gasteiger partial charge in [0, 0.05) is 54.9 Å². The molecule has 1 aromatic heterocycles. The summed E-state index contributed by atoms with van der Waals surface area (Å²) in [6.07, 6.45) is 4.33. The molecule has 1 unspecified atom stereocenters. The zero-order chi connectivity index (χ0) is 16.9. The summed E-state index contributed by atoms with van der Waals surface area (Å²) in [7, 11) is 0. The molecule has 0 spiro atoms. The molecule has 1 amide bonds. The number of morpholine rings is 1. The van der Waals surface area contributed by atoms with E-state index in [2.05, 4.69) is 22.1 Å². The number of aromatic nitrogens is 1. The molecular weight excluding hydrogens is 309 g/mol. The van der Waals surface area contributed by atoms with Crippen LogP contribution in [0.25, 0.3) is 10.8 Å². The topological polar surface area (TPSA) is 54.5 Å². The second kappa shape index (κ2) is 7.68. The van der Waals surface area contributed by atoms with Gasteiger partial charge < -0.3 is 10.1 Å². The highest BCUT2D eigenvalue weighted by atomic mass is 19.1. The first-order valence-electron chi connectivity index (χ1n) is 8.33. The Morgan fingerprint density at radius 1 is 1.42 bits per heavy atom. The number of carbonyl (C=O) groups excluding carboxylic acids is 1. The Morgan fingerprint density at radius 3 is 3.12 bits per heavy atom. The molecule has 1 aromatic carbocycles. The van der Waals surface area contributed by atoms with Crippen molar-refractivity contribution in [3.05, 3.63) is 42.0 Å². The molecule has 128 valence electrons. The summed E-state index contributed by atoms with van der Waals surface area (Å²) in [5, 5.41) is 3.87. The van der Waals surface area contributed by atoms with Gasteiger partial charge in [-0.1, -0.05) is 6.92 Å². The highest BCUT2D eigenvalue weighted by molar-refractivity contribution is 6.06. The maximum atomic E-state index is 13.8. The quantitative estimate of drug-likeness (QED) is 0.913. The standard InChI is InChI=1S/C18H22FN3O2/c1-2-13-12-22(9-10-24-13)8-7-21-18(23)15-3-4-17(19)14-5-6-20-11-16(14)15/h3-6,11,13H,2,7-10,12H2,1H3,(H,21,23). The Balaban J connectivity index is 1.61. The normalized spacial score (nSPS) is 18.7. The first kappa shape index (κ1) is 16.8. The van der Waals surface area contributed by atoms with E-state index in [0.29, 0.717) is 22.9 Å². The number of fused-ring (bicyclic) bond motifs is 1. The molecule has 0 radical (unpaired) electrons. The maximum absolute atomic E-state index is 13.8. The van der Waals surface area contributed by atoms with Gasteiger partial charge in [-0.3, -0.25) is 14.7 Å². The second-order valence-electron chi connectivity index (χ2n) is 5.97. The molecule has 1 aliphatic heterocycles. The summed E-state index contributed by atoms with van der Waals surface area (Å²) < 4.78 is 19.5. The van der Waals surface area contributed by atoms with Crippen LogP contribution in [0.1, 0.15) is 23.7 Å². The second-order valence-corrected chi connectivity index (χ2v) is 5.97. The summed E-state index contributed by atoms with van der Waals surface area (Å²) in [5.41, 5.74) is 0.452. The fourth-order valence-electron chi connectivity index (χ4n) is 3.00. The molecular formula is C18H22FN3O2. The average molecular weight is 331 g/mol. The van der Waals surface area contributed by atoms with Crippen LogP contribution in [0.3, 0.4) is 0 Å². The predicted octanol–water partition coefficient (Wildman–Crippen LogP) is 2.21. The van der Waals surface area contributed by atoms with Gasteiger partial charge in [0.15, 0.2) is 0 Å². The van der Waals surface area contributed by atoms with Gasteiger partial charge in [0.25, 0.3) is 5.91 Å². The Bertz CT molecular complexity index is 722. The number of benzene rings is 1. The number of ether oxygens (including phenoxy) is 1. The lowest BCUT2D eigenvalue weighted by Gasteiger charge is -2.32. The van der Waals surface area contributed by atoms with E-state index in [1.54, 1.807) is 6.07 Å². The van der Waals surface area contributed by atoms with Gasteiger partial charge in [-0.25, -0.2) is 4.39 Å². The molecule has 2 heterocycles. The number of amides is 1. The van der Waals surface area contributed by atoms with Gasteiger partial charge in [0.2, 0.25) is 0 Å². The zero-order valence-electron chi connectivity index (χ0n) is 13.8. The molecule has 5 nitrogen and oxygen atoms in total. The number of hydrogen-bond donors (Lipinski definition) is 1. The average Bonchev–Trinajstić information content (AvgIpc) is 2.62. The predicted molar refractivity (Wildman–Crippen MR) is 90.5 cm³/mol. The van der Waals surface area contributed by atoms with Crippen molar-refractivity contribution in [1.82, 2.24) is 15.2 Å². The molecule has 1 saturated heterocycles. The van der Waals surface area contributed by atoms with Crippen LogP contribution >= 0.6 is 0 Å². The van der Waals surface area contributed by atoms with Gasteiger partial charge in [0.1, 0.15) is 5.82 Å². The summed E-state index contributed by atoms with van der Waals surface area (Å²) in [6, 6.07) is 4.42. The Morgan fingerprint density at radius 2 is 2.29 bits per heavy atom. The van der Waals surface area contributed by atoms with E-state index < -0.39 is 0 Å². The molecule has 0 saturated carbocycles. The Labute approximate surface area is 140 Å². The van der Waals surface area contributed by atoms with E-state index >= 15 is 0 Å². The molecule has 1 fully saturated rings. The molecule has 0 aliphatic carbocycles. The van der Waals surface area contributed by atoms with Crippen LogP contribution < -0.4 is 5.32 Å². The monoisotopic (exact) mass is 331 g/mol. The van der Waals surface area contributed by atoms with E-state index in [4.69, 9.17) is 4.74 Å². The number of rotatable bonds is 5. The van der Waals surface area contributed by atoms with Crippen LogP contribution in [-0.2, 0) is 4.74 Å². The van der Waals surface area contributed by atoms with Gasteiger partial charge >= 0.3 is 0 Å². The van der Waals surface area contributed by atoms with Crippen molar-refractivity contribution in [2.24, 2.45) is 0 Å². The van der Waals surface area contributed by atoms with Gasteiger partial charge in [-0.05, 0) is 24.6 Å². The summed E-state index contributed by atoms with van der Waals surface area (Å²) in [6.45, 7) is 5.97. The molecule has 6 heteroatoms. The fraction of sp³-hybridized carbons (Fsp3) is 0.444. The van der Waals surface area contributed by atoms with Crippen molar-refractivity contribution < 1.29 is 13.9 Å². The Hall–Kier alpha value is -2.05. The number of hydrogen-bond acceptors (Lipinski definition) is 4. The molecule has 0 bridgehead atoms. The van der Waals surface area contributed by atoms with Gasteiger partial charge in [-0.2, -0.15) is 0 Å². The minimum absolute atomic E-state index is 0.201. The molecule has 1 atom stereocenters. The third-order valence-corrected chi connectivity index (χ3v) is 4.40. The molecule has 2 aromatic rings. The summed E-state index contributed by atoms with van der Waals surface area (Å²) >= 11 is 0. The van der Waals surface area contributed by atoms with E-state index in [9.17, 15) is 9.18 Å². The number of halogens is 1. The fourth-order valence-corrected chi connectivity index (χ4v) is 3.00. The van der Waals surface area contributed by atoms with E-state index in [1.165, 1.54) is 24.5 Å². The molecule has 24 heavy (non-hydrogen) atoms. The van der Waals surface area contributed by atoms with Crippen molar-refractivity contribution in [3.8, 4) is 0 Å². The Kier molecular flexibility index (Phi) is 5.37. The first-order valence-corrected chi connectivity index (χ1v) is 8.33. The zero-order valence-corrected chi connectivity index (χ0v) is 13.8. The minimum Gasteiger partial charge on any atom is -0.376 e. The summed E-state index contributed by atoms with van der Waals surface area (Å²) in [4.78, 5) is 18.7. The third kappa shape index (κ3) is 3.71. The van der Waals surface area contributed by atoms with Crippen LogP contribution in [0, 0.1) is 5.82 Å². The highest BCUT2D eigenvalue weighted by Crippen LogP contribution is 2.20. The maximum Gasteiger partial charge on any atom is 0.252 e. The number of pyridine rings is 1. The van der Waals surface area contributed by atoms with Crippen LogP contribution in [0.2, 0.25) is 0 Å². The number of nitrogens with one attached hydrogen (secondary N) is 1. The van der Waals surface area contributed by atoms with Crippen LogP contribution in [0.15, 0.2) is 30.6 Å². The lowest BCUT2D eigenvalue weighted by molar-refractivity contribution is -0.0289. The lowest BCUT2D eigenvalue weighted by Crippen LogP contribution is -2.45.